The Kier molecular flexibility index (Phi) is 5.52. The number of carbonyl (C=O) groups is 2. The molecule has 1 aromatic carbocycles. The van der Waals surface area contributed by atoms with E-state index in [9.17, 15) is 9.59 Å². The lowest BCUT2D eigenvalue weighted by Gasteiger charge is -2.03. The van der Waals surface area contributed by atoms with Crippen LogP contribution in [0.25, 0.3) is 17.2 Å². The summed E-state index contributed by atoms with van der Waals surface area (Å²) in [5, 5.41) is 0.413. The molecule has 128 valence electrons. The van der Waals surface area contributed by atoms with Crippen LogP contribution in [0.4, 0.5) is 0 Å². The number of aromatic nitrogens is 1. The first-order valence-electron chi connectivity index (χ1n) is 7.42. The van der Waals surface area contributed by atoms with Gasteiger partial charge in [-0.05, 0) is 37.3 Å². The van der Waals surface area contributed by atoms with E-state index in [-0.39, 0.29) is 11.7 Å². The van der Waals surface area contributed by atoms with Crippen LogP contribution in [-0.4, -0.2) is 22.6 Å². The molecule has 25 heavy (non-hydrogen) atoms. The van der Waals surface area contributed by atoms with Crippen LogP contribution in [0.1, 0.15) is 9.75 Å². The van der Waals surface area contributed by atoms with Crippen molar-refractivity contribution in [2.75, 3.05) is 5.75 Å². The molecule has 2 heterocycles. The molecule has 2 amide bonds. The maximum absolute atomic E-state index is 11.8. The molecule has 0 radical (unpaired) electrons. The van der Waals surface area contributed by atoms with Gasteiger partial charge in [-0.1, -0.05) is 23.9 Å². The topological polar surface area (TPSA) is 84.2 Å². The maximum Gasteiger partial charge on any atom is 0.262 e. The van der Waals surface area contributed by atoms with E-state index in [1.165, 1.54) is 11.0 Å². The van der Waals surface area contributed by atoms with Gasteiger partial charge in [0.25, 0.3) is 11.1 Å². The Morgan fingerprint density at radius 2 is 2.08 bits per heavy atom. The summed E-state index contributed by atoms with van der Waals surface area (Å²) in [5.74, 6) is -0.659. The second kappa shape index (κ2) is 8.00. The molecule has 0 bridgehead atoms. The summed E-state index contributed by atoms with van der Waals surface area (Å²) < 4.78 is 5.51. The molecule has 6 nitrogen and oxygen atoms in total. The molecule has 8 heteroatoms. The van der Waals surface area contributed by atoms with Crippen molar-refractivity contribution in [2.24, 2.45) is 0 Å². The van der Waals surface area contributed by atoms with Crippen molar-refractivity contribution in [1.29, 1.82) is 0 Å². The van der Waals surface area contributed by atoms with Gasteiger partial charge in [0.2, 0.25) is 5.91 Å². The third kappa shape index (κ3) is 4.94. The van der Waals surface area contributed by atoms with Crippen LogP contribution in [0.3, 0.4) is 0 Å². The van der Waals surface area contributed by atoms with E-state index in [1.54, 1.807) is 17.4 Å². The van der Waals surface area contributed by atoms with Gasteiger partial charge in [-0.2, -0.15) is 0 Å². The zero-order valence-electron chi connectivity index (χ0n) is 13.3. The van der Waals surface area contributed by atoms with E-state index in [4.69, 9.17) is 4.42 Å². The molecule has 2 N–H and O–H groups in total. The van der Waals surface area contributed by atoms with Crippen molar-refractivity contribution in [3.8, 4) is 0 Å². The fraction of sp³-hybridized carbons (Fsp3) is 0.118. The molecular weight excluding hydrogens is 358 g/mol. The molecule has 3 aromatic rings. The van der Waals surface area contributed by atoms with Gasteiger partial charge in [-0.25, -0.2) is 4.98 Å². The number of hydrogen-bond donors (Lipinski definition) is 2. The number of benzene rings is 1. The van der Waals surface area contributed by atoms with E-state index >= 15 is 0 Å². The molecule has 3 rings (SSSR count). The molecule has 0 saturated heterocycles. The van der Waals surface area contributed by atoms with Crippen LogP contribution in [0.5, 0.6) is 0 Å². The number of para-hydroxylation sites is 2. The second-order valence-corrected chi connectivity index (χ2v) is 7.30. The second-order valence-electron chi connectivity index (χ2n) is 5.06. The Bertz CT molecular complexity index is 897. The highest BCUT2D eigenvalue weighted by atomic mass is 32.2. The van der Waals surface area contributed by atoms with Crippen molar-refractivity contribution < 1.29 is 14.0 Å². The van der Waals surface area contributed by atoms with Gasteiger partial charge in [0, 0.05) is 15.8 Å². The Morgan fingerprint density at radius 1 is 1.24 bits per heavy atom. The summed E-state index contributed by atoms with van der Waals surface area (Å²) in [6, 6.07) is 11.3. The van der Waals surface area contributed by atoms with Gasteiger partial charge >= 0.3 is 0 Å². The zero-order chi connectivity index (χ0) is 17.6. The lowest BCUT2D eigenvalue weighted by Crippen LogP contribution is -2.41. The van der Waals surface area contributed by atoms with Crippen LogP contribution in [0.2, 0.25) is 0 Å². The Hall–Kier alpha value is -2.58. The first-order valence-corrected chi connectivity index (χ1v) is 9.22. The number of nitrogens with zero attached hydrogens (tertiary/aromatic N) is 1. The van der Waals surface area contributed by atoms with Crippen LogP contribution < -0.4 is 10.9 Å². The minimum Gasteiger partial charge on any atom is -0.431 e. The number of fused-ring (bicyclic) bond motifs is 1. The van der Waals surface area contributed by atoms with Gasteiger partial charge in [-0.3, -0.25) is 20.4 Å². The van der Waals surface area contributed by atoms with E-state index in [2.05, 4.69) is 15.8 Å². The van der Waals surface area contributed by atoms with Crippen molar-refractivity contribution in [2.45, 2.75) is 12.1 Å². The largest absolute Gasteiger partial charge is 0.431 e. The fourth-order valence-electron chi connectivity index (χ4n) is 1.95. The molecule has 0 aliphatic heterocycles. The highest BCUT2D eigenvalue weighted by molar-refractivity contribution is 7.99. The molecule has 0 spiro atoms. The number of amides is 2. The number of thiophene rings is 1. The fourth-order valence-corrected chi connectivity index (χ4v) is 3.37. The summed E-state index contributed by atoms with van der Waals surface area (Å²) in [6.07, 6.45) is 3.08. The number of nitrogens with one attached hydrogen (secondary N) is 2. The van der Waals surface area contributed by atoms with Gasteiger partial charge in [0.15, 0.2) is 5.58 Å². The number of aryl methyl sites for hydroxylation is 1. The monoisotopic (exact) mass is 373 g/mol. The highest BCUT2D eigenvalue weighted by Crippen LogP contribution is 2.22. The van der Waals surface area contributed by atoms with Gasteiger partial charge in [0.1, 0.15) is 5.52 Å². The third-order valence-electron chi connectivity index (χ3n) is 3.09. The minimum absolute atomic E-state index is 0.0843. The predicted molar refractivity (Wildman–Crippen MR) is 99.1 cm³/mol. The summed E-state index contributed by atoms with van der Waals surface area (Å²) in [7, 11) is 0. The average Bonchev–Trinajstić information content (AvgIpc) is 3.21. The van der Waals surface area contributed by atoms with E-state index in [0.717, 1.165) is 22.2 Å². The smallest absolute Gasteiger partial charge is 0.262 e. The summed E-state index contributed by atoms with van der Waals surface area (Å²) in [5.41, 5.74) is 6.11. The van der Waals surface area contributed by atoms with Gasteiger partial charge < -0.3 is 4.42 Å². The lowest BCUT2D eigenvalue weighted by atomic mass is 10.3. The van der Waals surface area contributed by atoms with Gasteiger partial charge in [0.05, 0.1) is 5.75 Å². The molecule has 0 fully saturated rings. The third-order valence-corrected chi connectivity index (χ3v) is 4.88. The van der Waals surface area contributed by atoms with Crippen LogP contribution >= 0.6 is 23.1 Å². The number of thioether (sulfide) groups is 1. The summed E-state index contributed by atoms with van der Waals surface area (Å²) in [6.45, 7) is 2.00. The molecule has 2 aromatic heterocycles. The Labute approximate surface area is 152 Å². The molecule has 0 aliphatic rings. The zero-order valence-corrected chi connectivity index (χ0v) is 14.9. The van der Waals surface area contributed by atoms with E-state index < -0.39 is 5.91 Å². The van der Waals surface area contributed by atoms with Crippen molar-refractivity contribution in [3.05, 3.63) is 52.2 Å². The average molecular weight is 373 g/mol. The Balaban J connectivity index is 1.43. The molecule has 0 saturated carbocycles. The highest BCUT2D eigenvalue weighted by Gasteiger charge is 2.09. The summed E-state index contributed by atoms with van der Waals surface area (Å²) >= 11 is 2.75. The van der Waals surface area contributed by atoms with E-state index in [1.807, 2.05) is 43.3 Å². The number of carbonyl (C=O) groups excluding carboxylic acids is 2. The minimum atomic E-state index is -0.397. The number of hydrazine groups is 1. The first-order chi connectivity index (χ1) is 12.1. The van der Waals surface area contributed by atoms with Crippen LogP contribution in [0.15, 0.2) is 52.1 Å². The number of oxazole rings is 1. The number of hydrogen-bond acceptors (Lipinski definition) is 6. The Morgan fingerprint density at radius 3 is 2.84 bits per heavy atom. The molecule has 0 unspecified atom stereocenters. The maximum atomic E-state index is 11.8. The quantitative estimate of drug-likeness (QED) is 0.408. The van der Waals surface area contributed by atoms with Crippen molar-refractivity contribution >= 4 is 52.1 Å². The molecular formula is C17H15N3O3S2. The predicted octanol–water partition coefficient (Wildman–Crippen LogP) is 3.15. The normalized spacial score (nSPS) is 11.1. The SMILES string of the molecule is Cc1ccc(/C=C/C(=O)NNC(=O)CSc2nc3ccccc3o2)s1. The molecule has 0 atom stereocenters. The lowest BCUT2D eigenvalue weighted by molar-refractivity contribution is -0.125. The molecule has 0 aliphatic carbocycles. The summed E-state index contributed by atoms with van der Waals surface area (Å²) in [4.78, 5) is 29.9. The first kappa shape index (κ1) is 17.2. The van der Waals surface area contributed by atoms with Crippen molar-refractivity contribution in [1.82, 2.24) is 15.8 Å². The standard InChI is InChI=1S/C17H15N3O3S2/c1-11-6-7-12(25-11)8-9-15(21)19-20-16(22)10-24-17-18-13-4-2-3-5-14(13)23-17/h2-9H,10H2,1H3,(H,19,21)(H,20,22)/b9-8+. The van der Waals surface area contributed by atoms with Gasteiger partial charge in [-0.15, -0.1) is 11.3 Å². The van der Waals surface area contributed by atoms with Crippen molar-refractivity contribution in [3.63, 3.8) is 0 Å². The number of rotatable bonds is 5. The van der Waals surface area contributed by atoms with Crippen LogP contribution in [0, 0.1) is 6.92 Å². The van der Waals surface area contributed by atoms with Crippen LogP contribution in [-0.2, 0) is 9.59 Å². The van der Waals surface area contributed by atoms with E-state index in [0.29, 0.717) is 10.8 Å².